The lowest BCUT2D eigenvalue weighted by Gasteiger charge is -1.98. The fourth-order valence-corrected chi connectivity index (χ4v) is 0.894. The lowest BCUT2D eigenvalue weighted by molar-refractivity contribution is 0.154. The Morgan fingerprint density at radius 2 is 2.07 bits per heavy atom. The van der Waals surface area contributed by atoms with Gasteiger partial charge < -0.3 is 15.3 Å². The zero-order valence-electron chi connectivity index (χ0n) is 8.14. The fourth-order valence-electron chi connectivity index (χ4n) is 0.894. The number of hydrogen-bond acceptors (Lipinski definition) is 4. The molecule has 0 radical (unpaired) electrons. The zero-order chi connectivity index (χ0) is 10.2. The fraction of sp³-hybridized carbons (Fsp3) is 0.300. The molecule has 4 heteroatoms. The lowest BCUT2D eigenvalue weighted by atomic mass is 10.2. The van der Waals surface area contributed by atoms with E-state index in [4.69, 9.17) is 15.3 Å². The Hall–Kier alpha value is -1.55. The summed E-state index contributed by atoms with van der Waals surface area (Å²) in [5.74, 6) is 0.824. The van der Waals surface area contributed by atoms with Crippen molar-refractivity contribution >= 4 is 6.21 Å². The Morgan fingerprint density at radius 3 is 2.64 bits per heavy atom. The Bertz CT molecular complexity index is 283. The molecule has 0 fully saturated rings. The Labute approximate surface area is 83.3 Å². The summed E-state index contributed by atoms with van der Waals surface area (Å²) >= 11 is 0. The van der Waals surface area contributed by atoms with Crippen LogP contribution in [0.25, 0.3) is 0 Å². The summed E-state index contributed by atoms with van der Waals surface area (Å²) < 4.78 is 5.02. The van der Waals surface area contributed by atoms with Crippen molar-refractivity contribution in [3.05, 3.63) is 29.8 Å². The normalized spacial score (nSPS) is 10.4. The molecule has 0 aliphatic heterocycles. The van der Waals surface area contributed by atoms with Crippen LogP contribution < -0.4 is 10.5 Å². The van der Waals surface area contributed by atoms with Crippen LogP contribution >= 0.6 is 0 Å². The minimum atomic E-state index is 0.437. The third-order valence-corrected chi connectivity index (χ3v) is 1.60. The van der Waals surface area contributed by atoms with E-state index in [1.54, 1.807) is 13.3 Å². The van der Waals surface area contributed by atoms with Gasteiger partial charge in [-0.3, -0.25) is 0 Å². The molecule has 0 aliphatic rings. The molecule has 1 rings (SSSR count). The topological polar surface area (TPSA) is 56.8 Å². The molecule has 4 nitrogen and oxygen atoms in total. The van der Waals surface area contributed by atoms with Crippen molar-refractivity contribution in [1.82, 2.24) is 0 Å². The number of nitrogens with two attached hydrogens (primary N) is 1. The highest BCUT2D eigenvalue weighted by Gasteiger charge is 1.90. The van der Waals surface area contributed by atoms with Crippen LogP contribution in [0.4, 0.5) is 0 Å². The Balaban J connectivity index is 2.47. The Morgan fingerprint density at radius 1 is 1.36 bits per heavy atom. The summed E-state index contributed by atoms with van der Waals surface area (Å²) in [5.41, 5.74) is 6.19. The number of rotatable bonds is 5. The van der Waals surface area contributed by atoms with E-state index in [2.05, 4.69) is 5.16 Å². The number of benzene rings is 1. The minimum absolute atomic E-state index is 0.437. The predicted octanol–water partition coefficient (Wildman–Crippen LogP) is 1.00. The maximum atomic E-state index is 5.23. The molecule has 0 spiro atoms. The first-order valence-corrected chi connectivity index (χ1v) is 4.36. The molecule has 0 aliphatic carbocycles. The van der Waals surface area contributed by atoms with Crippen LogP contribution in [0.15, 0.2) is 29.4 Å². The highest BCUT2D eigenvalue weighted by Crippen LogP contribution is 2.09. The summed E-state index contributed by atoms with van der Waals surface area (Å²) in [6, 6.07) is 7.52. The van der Waals surface area contributed by atoms with Gasteiger partial charge in [0, 0.05) is 6.54 Å². The summed E-state index contributed by atoms with van der Waals surface area (Å²) in [6.45, 7) is 0.909. The monoisotopic (exact) mass is 194 g/mol. The van der Waals surface area contributed by atoms with Crippen LogP contribution in [0.1, 0.15) is 5.56 Å². The van der Waals surface area contributed by atoms with Crippen molar-refractivity contribution in [2.75, 3.05) is 20.3 Å². The first kappa shape index (κ1) is 10.5. The standard InChI is InChI=1S/C10H14N2O2/c1-13-10-4-2-9(3-5-10)8-12-14-7-6-11/h2-5,8H,6-7,11H2,1H3. The van der Waals surface area contributed by atoms with Gasteiger partial charge in [0.2, 0.25) is 0 Å². The smallest absolute Gasteiger partial charge is 0.129 e. The Kier molecular flexibility index (Phi) is 4.50. The van der Waals surface area contributed by atoms with E-state index >= 15 is 0 Å². The molecule has 0 amide bonds. The highest BCUT2D eigenvalue weighted by molar-refractivity contribution is 5.79. The second kappa shape index (κ2) is 5.99. The molecule has 0 aromatic heterocycles. The summed E-state index contributed by atoms with van der Waals surface area (Å²) in [4.78, 5) is 4.86. The molecule has 1 aromatic carbocycles. The van der Waals surface area contributed by atoms with Gasteiger partial charge in [0.1, 0.15) is 12.4 Å². The third kappa shape index (κ3) is 3.45. The van der Waals surface area contributed by atoms with Gasteiger partial charge in [-0.25, -0.2) is 0 Å². The van der Waals surface area contributed by atoms with Crippen molar-refractivity contribution in [2.45, 2.75) is 0 Å². The van der Waals surface area contributed by atoms with Gasteiger partial charge in [-0.15, -0.1) is 0 Å². The first-order chi connectivity index (χ1) is 6.86. The zero-order valence-corrected chi connectivity index (χ0v) is 8.14. The number of ether oxygens (including phenoxy) is 1. The number of methoxy groups -OCH3 is 1. The summed E-state index contributed by atoms with van der Waals surface area (Å²) in [6.07, 6.45) is 1.63. The van der Waals surface area contributed by atoms with Gasteiger partial charge in [0.25, 0.3) is 0 Å². The van der Waals surface area contributed by atoms with Gasteiger partial charge in [-0.05, 0) is 29.8 Å². The highest BCUT2D eigenvalue weighted by atomic mass is 16.6. The van der Waals surface area contributed by atoms with Crippen molar-refractivity contribution < 1.29 is 9.57 Å². The molecule has 14 heavy (non-hydrogen) atoms. The van der Waals surface area contributed by atoms with Gasteiger partial charge in [-0.2, -0.15) is 0 Å². The van der Waals surface area contributed by atoms with Crippen LogP contribution in [-0.2, 0) is 4.84 Å². The third-order valence-electron chi connectivity index (χ3n) is 1.60. The largest absolute Gasteiger partial charge is 0.497 e. The molecule has 0 heterocycles. The van der Waals surface area contributed by atoms with E-state index in [0.717, 1.165) is 11.3 Å². The maximum absolute atomic E-state index is 5.23. The van der Waals surface area contributed by atoms with Crippen LogP contribution in [0, 0.1) is 0 Å². The lowest BCUT2D eigenvalue weighted by Crippen LogP contribution is -2.05. The SMILES string of the molecule is COc1ccc(C=NOCCN)cc1. The number of hydrogen-bond donors (Lipinski definition) is 1. The van der Waals surface area contributed by atoms with Gasteiger partial charge in [0.15, 0.2) is 0 Å². The second-order valence-electron chi connectivity index (χ2n) is 2.63. The molecule has 76 valence electrons. The van der Waals surface area contributed by atoms with Gasteiger partial charge in [-0.1, -0.05) is 5.16 Å². The molecule has 1 aromatic rings. The van der Waals surface area contributed by atoms with Crippen LogP contribution in [-0.4, -0.2) is 26.5 Å². The number of nitrogens with zero attached hydrogens (tertiary/aromatic N) is 1. The molecule has 0 atom stereocenters. The van der Waals surface area contributed by atoms with Crippen LogP contribution in [0.3, 0.4) is 0 Å². The number of oxime groups is 1. The molecular weight excluding hydrogens is 180 g/mol. The molecular formula is C10H14N2O2. The molecule has 0 bridgehead atoms. The molecule has 2 N–H and O–H groups in total. The van der Waals surface area contributed by atoms with Crippen LogP contribution in [0.2, 0.25) is 0 Å². The quantitative estimate of drug-likeness (QED) is 0.432. The van der Waals surface area contributed by atoms with E-state index in [9.17, 15) is 0 Å². The van der Waals surface area contributed by atoms with Crippen molar-refractivity contribution in [3.63, 3.8) is 0 Å². The van der Waals surface area contributed by atoms with E-state index in [-0.39, 0.29) is 0 Å². The summed E-state index contributed by atoms with van der Waals surface area (Å²) in [5, 5.41) is 3.74. The maximum Gasteiger partial charge on any atom is 0.129 e. The second-order valence-corrected chi connectivity index (χ2v) is 2.63. The molecule has 0 saturated heterocycles. The van der Waals surface area contributed by atoms with Crippen molar-refractivity contribution in [3.8, 4) is 5.75 Å². The van der Waals surface area contributed by atoms with Crippen LogP contribution in [0.5, 0.6) is 5.75 Å². The van der Waals surface area contributed by atoms with E-state index in [1.807, 2.05) is 24.3 Å². The average Bonchev–Trinajstić information content (AvgIpc) is 2.25. The minimum Gasteiger partial charge on any atom is -0.497 e. The summed E-state index contributed by atoms with van der Waals surface area (Å²) in [7, 11) is 1.63. The van der Waals surface area contributed by atoms with E-state index in [0.29, 0.717) is 13.2 Å². The molecule has 0 unspecified atom stereocenters. The van der Waals surface area contributed by atoms with E-state index < -0.39 is 0 Å². The van der Waals surface area contributed by atoms with Crippen molar-refractivity contribution in [1.29, 1.82) is 0 Å². The molecule has 0 saturated carbocycles. The predicted molar refractivity (Wildman–Crippen MR) is 55.6 cm³/mol. The first-order valence-electron chi connectivity index (χ1n) is 4.36. The van der Waals surface area contributed by atoms with Crippen molar-refractivity contribution in [2.24, 2.45) is 10.9 Å². The van der Waals surface area contributed by atoms with E-state index in [1.165, 1.54) is 0 Å². The van der Waals surface area contributed by atoms with Gasteiger partial charge in [0.05, 0.1) is 13.3 Å². The van der Waals surface area contributed by atoms with Gasteiger partial charge >= 0.3 is 0 Å². The average molecular weight is 194 g/mol.